The number of amides is 1. The predicted octanol–water partition coefficient (Wildman–Crippen LogP) is 2.50. The quantitative estimate of drug-likeness (QED) is 0.854. The molecule has 0 radical (unpaired) electrons. The maximum absolute atomic E-state index is 10.7. The largest absolute Gasteiger partial charge is 0.465 e. The summed E-state index contributed by atoms with van der Waals surface area (Å²) in [5, 5.41) is 12.7. The number of benzene rings is 1. The molecule has 1 atom stereocenters. The average molecular weight is 241 g/mol. The Balaban J connectivity index is 1.84. The molecule has 5 heteroatoms. The summed E-state index contributed by atoms with van der Waals surface area (Å²) >= 11 is 5.76. The molecule has 1 saturated heterocycles. The fourth-order valence-electron chi connectivity index (χ4n) is 1.71. The van der Waals surface area contributed by atoms with E-state index in [1.807, 2.05) is 12.1 Å². The zero-order valence-electron chi connectivity index (χ0n) is 8.69. The van der Waals surface area contributed by atoms with Crippen molar-refractivity contribution in [3.63, 3.8) is 0 Å². The third-order valence-electron chi connectivity index (χ3n) is 2.78. The number of rotatable bonds is 3. The molecule has 86 valence electrons. The summed E-state index contributed by atoms with van der Waals surface area (Å²) in [6.45, 7) is 1.29. The number of hydrogen-bond donors (Lipinski definition) is 2. The standard InChI is InChI=1S/C11H13ClN2O2/c12-8-1-3-9(4-2-8)13-7-10-5-6-14(10)11(15)16/h1-4,10,13H,5-7H2,(H,15,16). The number of likely N-dealkylation sites (tertiary alicyclic amines) is 1. The molecule has 4 nitrogen and oxygen atoms in total. The van der Waals surface area contributed by atoms with Gasteiger partial charge >= 0.3 is 6.09 Å². The minimum atomic E-state index is -0.839. The number of carbonyl (C=O) groups is 1. The molecule has 0 aromatic heterocycles. The lowest BCUT2D eigenvalue weighted by molar-refractivity contribution is 0.0809. The monoisotopic (exact) mass is 240 g/mol. The Hall–Kier alpha value is -1.42. The Bertz CT molecular complexity index is 380. The van der Waals surface area contributed by atoms with Gasteiger partial charge in [-0.1, -0.05) is 11.6 Å². The molecule has 0 saturated carbocycles. The van der Waals surface area contributed by atoms with E-state index in [0.717, 1.165) is 12.1 Å². The van der Waals surface area contributed by atoms with Crippen LogP contribution in [0.2, 0.25) is 5.02 Å². The van der Waals surface area contributed by atoms with Crippen LogP contribution in [-0.2, 0) is 0 Å². The molecule has 1 heterocycles. The molecule has 1 amide bonds. The highest BCUT2D eigenvalue weighted by atomic mass is 35.5. The van der Waals surface area contributed by atoms with Gasteiger partial charge in [-0.15, -0.1) is 0 Å². The van der Waals surface area contributed by atoms with Crippen molar-refractivity contribution in [2.75, 3.05) is 18.4 Å². The molecule has 1 fully saturated rings. The van der Waals surface area contributed by atoms with Gasteiger partial charge in [0, 0.05) is 23.8 Å². The van der Waals surface area contributed by atoms with Gasteiger partial charge in [0.2, 0.25) is 0 Å². The Morgan fingerprint density at radius 1 is 1.50 bits per heavy atom. The van der Waals surface area contributed by atoms with Gasteiger partial charge in [-0.05, 0) is 30.7 Å². The summed E-state index contributed by atoms with van der Waals surface area (Å²) in [5.41, 5.74) is 0.960. The van der Waals surface area contributed by atoms with Crippen LogP contribution in [0.1, 0.15) is 6.42 Å². The number of halogens is 1. The second-order valence-corrected chi connectivity index (χ2v) is 4.24. The van der Waals surface area contributed by atoms with Crippen LogP contribution in [0.5, 0.6) is 0 Å². The van der Waals surface area contributed by atoms with Crippen LogP contribution in [0, 0.1) is 0 Å². The second-order valence-electron chi connectivity index (χ2n) is 3.81. The number of carboxylic acid groups (broad SMARTS) is 1. The maximum Gasteiger partial charge on any atom is 0.407 e. The predicted molar refractivity (Wildman–Crippen MR) is 63.1 cm³/mol. The molecule has 16 heavy (non-hydrogen) atoms. The van der Waals surface area contributed by atoms with E-state index < -0.39 is 6.09 Å². The molecule has 0 spiro atoms. The van der Waals surface area contributed by atoms with Gasteiger partial charge < -0.3 is 15.3 Å². The molecule has 1 aromatic carbocycles. The van der Waals surface area contributed by atoms with Crippen molar-refractivity contribution in [2.45, 2.75) is 12.5 Å². The molecule has 1 aliphatic heterocycles. The van der Waals surface area contributed by atoms with E-state index in [2.05, 4.69) is 5.32 Å². The van der Waals surface area contributed by atoms with E-state index in [1.165, 1.54) is 4.90 Å². The smallest absolute Gasteiger partial charge is 0.407 e. The number of nitrogens with zero attached hydrogens (tertiary/aromatic N) is 1. The molecular weight excluding hydrogens is 228 g/mol. The molecular formula is C11H13ClN2O2. The van der Waals surface area contributed by atoms with Crippen LogP contribution in [0.4, 0.5) is 10.5 Å². The van der Waals surface area contributed by atoms with E-state index in [0.29, 0.717) is 18.1 Å². The SMILES string of the molecule is O=C(O)N1CCC1CNc1ccc(Cl)cc1. The van der Waals surface area contributed by atoms with Crippen molar-refractivity contribution >= 4 is 23.4 Å². The van der Waals surface area contributed by atoms with Gasteiger partial charge in [-0.3, -0.25) is 0 Å². The summed E-state index contributed by atoms with van der Waals surface area (Å²) in [6.07, 6.45) is 0.0848. The number of hydrogen-bond acceptors (Lipinski definition) is 2. The first-order valence-electron chi connectivity index (χ1n) is 5.16. The van der Waals surface area contributed by atoms with Crippen molar-refractivity contribution in [3.8, 4) is 0 Å². The third-order valence-corrected chi connectivity index (χ3v) is 3.03. The first kappa shape index (κ1) is 11.1. The minimum absolute atomic E-state index is 0.0909. The fourth-order valence-corrected chi connectivity index (χ4v) is 1.83. The highest BCUT2D eigenvalue weighted by Gasteiger charge is 2.31. The Morgan fingerprint density at radius 3 is 2.69 bits per heavy atom. The molecule has 1 aliphatic rings. The lowest BCUT2D eigenvalue weighted by Crippen LogP contribution is -2.53. The summed E-state index contributed by atoms with van der Waals surface area (Å²) in [7, 11) is 0. The Kier molecular flexibility index (Phi) is 3.19. The Labute approximate surface area is 98.8 Å². The average Bonchev–Trinajstić information content (AvgIpc) is 2.18. The van der Waals surface area contributed by atoms with Crippen LogP contribution in [-0.4, -0.2) is 35.2 Å². The van der Waals surface area contributed by atoms with Gasteiger partial charge in [0.1, 0.15) is 0 Å². The number of nitrogens with one attached hydrogen (secondary N) is 1. The zero-order valence-corrected chi connectivity index (χ0v) is 9.44. The first-order valence-corrected chi connectivity index (χ1v) is 5.53. The van der Waals surface area contributed by atoms with Crippen molar-refractivity contribution in [1.29, 1.82) is 0 Å². The van der Waals surface area contributed by atoms with Crippen LogP contribution < -0.4 is 5.32 Å². The molecule has 1 aromatic rings. The van der Waals surface area contributed by atoms with Gasteiger partial charge in [-0.2, -0.15) is 0 Å². The summed E-state index contributed by atoms with van der Waals surface area (Å²) in [5.74, 6) is 0. The summed E-state index contributed by atoms with van der Waals surface area (Å²) < 4.78 is 0. The molecule has 0 bridgehead atoms. The molecule has 1 unspecified atom stereocenters. The number of anilines is 1. The normalized spacial score (nSPS) is 19.1. The van der Waals surface area contributed by atoms with Gasteiger partial charge in [0.05, 0.1) is 6.04 Å². The van der Waals surface area contributed by atoms with Crippen molar-refractivity contribution in [2.24, 2.45) is 0 Å². The first-order chi connectivity index (χ1) is 7.66. The summed E-state index contributed by atoms with van der Waals surface area (Å²) in [4.78, 5) is 12.2. The highest BCUT2D eigenvalue weighted by Crippen LogP contribution is 2.19. The van der Waals surface area contributed by atoms with E-state index >= 15 is 0 Å². The molecule has 2 N–H and O–H groups in total. The van der Waals surface area contributed by atoms with E-state index in [4.69, 9.17) is 16.7 Å². The third kappa shape index (κ3) is 2.39. The van der Waals surface area contributed by atoms with Crippen molar-refractivity contribution < 1.29 is 9.90 Å². The van der Waals surface area contributed by atoms with Crippen LogP contribution in [0.3, 0.4) is 0 Å². The zero-order chi connectivity index (χ0) is 11.5. The van der Waals surface area contributed by atoms with Crippen LogP contribution in [0.15, 0.2) is 24.3 Å². The van der Waals surface area contributed by atoms with Crippen LogP contribution in [0.25, 0.3) is 0 Å². The van der Waals surface area contributed by atoms with Crippen LogP contribution >= 0.6 is 11.6 Å². The lowest BCUT2D eigenvalue weighted by atomic mass is 10.0. The van der Waals surface area contributed by atoms with Gasteiger partial charge in [0.15, 0.2) is 0 Å². The Morgan fingerprint density at radius 2 is 2.19 bits per heavy atom. The topological polar surface area (TPSA) is 52.6 Å². The van der Waals surface area contributed by atoms with Crippen molar-refractivity contribution in [3.05, 3.63) is 29.3 Å². The molecule has 2 rings (SSSR count). The van der Waals surface area contributed by atoms with Gasteiger partial charge in [-0.25, -0.2) is 4.79 Å². The second kappa shape index (κ2) is 4.61. The maximum atomic E-state index is 10.7. The van der Waals surface area contributed by atoms with Crippen molar-refractivity contribution in [1.82, 2.24) is 4.90 Å². The van der Waals surface area contributed by atoms with E-state index in [9.17, 15) is 4.79 Å². The lowest BCUT2D eigenvalue weighted by Gasteiger charge is -2.38. The molecule has 0 aliphatic carbocycles. The van der Waals surface area contributed by atoms with E-state index in [-0.39, 0.29) is 6.04 Å². The minimum Gasteiger partial charge on any atom is -0.465 e. The highest BCUT2D eigenvalue weighted by molar-refractivity contribution is 6.30. The summed E-state index contributed by atoms with van der Waals surface area (Å²) in [6, 6.07) is 7.46. The fraction of sp³-hybridized carbons (Fsp3) is 0.364. The van der Waals surface area contributed by atoms with Gasteiger partial charge in [0.25, 0.3) is 0 Å². The van der Waals surface area contributed by atoms with E-state index in [1.54, 1.807) is 12.1 Å².